The molecule has 0 radical (unpaired) electrons. The molecule has 1 aliphatic carbocycles. The number of pyridine rings is 1. The van der Waals surface area contributed by atoms with Crippen LogP contribution in [0.3, 0.4) is 0 Å². The standard InChI is InChI=1S/C26H34N6O2/c1-31(22-10-2-6-19-7-4-11-27-24(19)22)18-23-29-21-9-3-8-20(25(21)30-23)26(33)28-12-5-13-32-14-16-34-17-15-32/h3-4,7-9,11,22H,2,5-6,10,12-18H2,1H3,(H,28,33)(H,29,30). The smallest absolute Gasteiger partial charge is 0.253 e. The van der Waals surface area contributed by atoms with Gasteiger partial charge in [-0.1, -0.05) is 12.1 Å². The Bertz CT molecular complexity index is 1120. The van der Waals surface area contributed by atoms with E-state index in [0.717, 1.165) is 69.0 Å². The first-order chi connectivity index (χ1) is 16.7. The number of aryl methyl sites for hydroxylation is 1. The molecular weight excluding hydrogens is 428 g/mol. The number of hydrogen-bond acceptors (Lipinski definition) is 6. The molecule has 5 rings (SSSR count). The van der Waals surface area contributed by atoms with Gasteiger partial charge in [0.15, 0.2) is 0 Å². The van der Waals surface area contributed by atoms with Crippen molar-refractivity contribution in [3.63, 3.8) is 0 Å². The Kier molecular flexibility index (Phi) is 7.18. The number of nitrogens with zero attached hydrogens (tertiary/aromatic N) is 4. The van der Waals surface area contributed by atoms with Gasteiger partial charge in [-0.15, -0.1) is 0 Å². The van der Waals surface area contributed by atoms with E-state index >= 15 is 0 Å². The lowest BCUT2D eigenvalue weighted by atomic mass is 9.91. The van der Waals surface area contributed by atoms with E-state index in [1.54, 1.807) is 0 Å². The van der Waals surface area contributed by atoms with E-state index in [-0.39, 0.29) is 11.9 Å². The maximum absolute atomic E-state index is 12.9. The van der Waals surface area contributed by atoms with Gasteiger partial charge < -0.3 is 15.0 Å². The lowest BCUT2D eigenvalue weighted by molar-refractivity contribution is 0.0374. The predicted molar refractivity (Wildman–Crippen MR) is 132 cm³/mol. The molecule has 1 fully saturated rings. The predicted octanol–water partition coefficient (Wildman–Crippen LogP) is 2.92. The third kappa shape index (κ3) is 5.14. The van der Waals surface area contributed by atoms with Gasteiger partial charge in [-0.05, 0) is 63.0 Å². The molecular formula is C26H34N6O2. The molecule has 1 amide bonds. The van der Waals surface area contributed by atoms with Crippen LogP contribution in [0.5, 0.6) is 0 Å². The quantitative estimate of drug-likeness (QED) is 0.501. The number of carbonyl (C=O) groups is 1. The highest BCUT2D eigenvalue weighted by molar-refractivity contribution is 6.04. The van der Waals surface area contributed by atoms with Crippen molar-refractivity contribution in [1.82, 2.24) is 30.1 Å². The molecule has 8 nitrogen and oxygen atoms in total. The molecule has 2 N–H and O–H groups in total. The summed E-state index contributed by atoms with van der Waals surface area (Å²) >= 11 is 0. The highest BCUT2D eigenvalue weighted by atomic mass is 16.5. The van der Waals surface area contributed by atoms with Gasteiger partial charge in [-0.2, -0.15) is 0 Å². The van der Waals surface area contributed by atoms with E-state index in [9.17, 15) is 4.79 Å². The number of aromatic nitrogens is 3. The highest BCUT2D eigenvalue weighted by Crippen LogP contribution is 2.32. The van der Waals surface area contributed by atoms with E-state index < -0.39 is 0 Å². The monoisotopic (exact) mass is 462 g/mol. The van der Waals surface area contributed by atoms with E-state index in [2.05, 4.69) is 38.2 Å². The van der Waals surface area contributed by atoms with Crippen molar-refractivity contribution in [2.75, 3.05) is 46.4 Å². The molecule has 3 aromatic rings. The van der Waals surface area contributed by atoms with Gasteiger partial charge in [0.25, 0.3) is 5.91 Å². The Hall–Kier alpha value is -2.81. The fraction of sp³-hybridized carbons (Fsp3) is 0.500. The molecule has 3 heterocycles. The van der Waals surface area contributed by atoms with Crippen LogP contribution in [0.4, 0.5) is 0 Å². The third-order valence-corrected chi connectivity index (χ3v) is 6.94. The number of nitrogens with one attached hydrogen (secondary N) is 2. The number of morpholine rings is 1. The normalized spacial score (nSPS) is 18.8. The Morgan fingerprint density at radius 1 is 1.26 bits per heavy atom. The molecule has 0 spiro atoms. The number of benzene rings is 1. The molecule has 0 saturated carbocycles. The first kappa shape index (κ1) is 23.0. The van der Waals surface area contributed by atoms with Gasteiger partial charge in [-0.3, -0.25) is 19.6 Å². The number of rotatable bonds is 8. The molecule has 34 heavy (non-hydrogen) atoms. The van der Waals surface area contributed by atoms with Crippen molar-refractivity contribution >= 4 is 16.9 Å². The number of imidazole rings is 1. The molecule has 2 aliphatic rings. The summed E-state index contributed by atoms with van der Waals surface area (Å²) in [7, 11) is 2.13. The van der Waals surface area contributed by atoms with Crippen LogP contribution >= 0.6 is 0 Å². The Balaban J connectivity index is 1.22. The molecule has 0 bridgehead atoms. The van der Waals surface area contributed by atoms with Gasteiger partial charge in [0.2, 0.25) is 0 Å². The van der Waals surface area contributed by atoms with Crippen LogP contribution in [0.2, 0.25) is 0 Å². The second-order valence-electron chi connectivity index (χ2n) is 9.32. The Labute approximate surface area is 200 Å². The average Bonchev–Trinajstić information content (AvgIpc) is 3.29. The van der Waals surface area contributed by atoms with Crippen LogP contribution < -0.4 is 5.32 Å². The van der Waals surface area contributed by atoms with Gasteiger partial charge in [-0.25, -0.2) is 4.98 Å². The summed E-state index contributed by atoms with van der Waals surface area (Å²) in [4.78, 5) is 30.5. The largest absolute Gasteiger partial charge is 0.379 e. The average molecular weight is 463 g/mol. The SMILES string of the molecule is CN(Cc1nc2c(C(=O)NCCCN3CCOCC3)cccc2[nH]1)C1CCCc2cccnc21. The number of H-pyrrole nitrogens is 1. The molecule has 1 aliphatic heterocycles. The third-order valence-electron chi connectivity index (χ3n) is 6.94. The maximum Gasteiger partial charge on any atom is 0.253 e. The Morgan fingerprint density at radius 3 is 3.03 bits per heavy atom. The zero-order valence-corrected chi connectivity index (χ0v) is 19.9. The minimum absolute atomic E-state index is 0.0654. The van der Waals surface area contributed by atoms with Crippen LogP contribution in [-0.2, 0) is 17.7 Å². The van der Waals surface area contributed by atoms with Crippen LogP contribution in [0.15, 0.2) is 36.5 Å². The van der Waals surface area contributed by atoms with Crippen LogP contribution in [0.25, 0.3) is 11.0 Å². The van der Waals surface area contributed by atoms with Crippen molar-refractivity contribution in [3.05, 3.63) is 59.2 Å². The lowest BCUT2D eigenvalue weighted by Gasteiger charge is -2.31. The minimum atomic E-state index is -0.0654. The zero-order chi connectivity index (χ0) is 23.3. The topological polar surface area (TPSA) is 86.4 Å². The molecule has 1 aromatic carbocycles. The Morgan fingerprint density at radius 2 is 2.15 bits per heavy atom. The van der Waals surface area contributed by atoms with Gasteiger partial charge >= 0.3 is 0 Å². The van der Waals surface area contributed by atoms with Gasteiger partial charge in [0.05, 0.1) is 42.6 Å². The van der Waals surface area contributed by atoms with Crippen molar-refractivity contribution in [2.45, 2.75) is 38.3 Å². The summed E-state index contributed by atoms with van der Waals surface area (Å²) < 4.78 is 5.39. The second-order valence-corrected chi connectivity index (χ2v) is 9.32. The van der Waals surface area contributed by atoms with Crippen LogP contribution in [-0.4, -0.2) is 77.1 Å². The van der Waals surface area contributed by atoms with Gasteiger partial charge in [0, 0.05) is 25.8 Å². The molecule has 1 atom stereocenters. The first-order valence-corrected chi connectivity index (χ1v) is 12.4. The zero-order valence-electron chi connectivity index (χ0n) is 19.9. The summed E-state index contributed by atoms with van der Waals surface area (Å²) in [6.07, 6.45) is 6.18. The number of ether oxygens (including phenoxy) is 1. The molecule has 1 saturated heterocycles. The van der Waals surface area contributed by atoms with E-state index in [1.165, 1.54) is 17.7 Å². The van der Waals surface area contributed by atoms with E-state index in [4.69, 9.17) is 9.72 Å². The summed E-state index contributed by atoms with van der Waals surface area (Å²) in [6.45, 7) is 5.85. The number of para-hydroxylation sites is 1. The van der Waals surface area contributed by atoms with Crippen molar-refractivity contribution in [3.8, 4) is 0 Å². The highest BCUT2D eigenvalue weighted by Gasteiger charge is 2.25. The molecule has 8 heteroatoms. The number of aromatic amines is 1. The van der Waals surface area contributed by atoms with Crippen LogP contribution in [0, 0.1) is 0 Å². The van der Waals surface area contributed by atoms with E-state index in [0.29, 0.717) is 18.7 Å². The number of carbonyl (C=O) groups excluding carboxylic acids is 1. The van der Waals surface area contributed by atoms with Gasteiger partial charge in [0.1, 0.15) is 11.3 Å². The number of hydrogen-bond donors (Lipinski definition) is 2. The summed E-state index contributed by atoms with van der Waals surface area (Å²) in [5, 5.41) is 3.07. The number of fused-ring (bicyclic) bond motifs is 2. The van der Waals surface area contributed by atoms with Crippen molar-refractivity contribution in [2.24, 2.45) is 0 Å². The fourth-order valence-electron chi connectivity index (χ4n) is 5.13. The van der Waals surface area contributed by atoms with E-state index in [1.807, 2.05) is 30.5 Å². The fourth-order valence-corrected chi connectivity index (χ4v) is 5.13. The molecule has 180 valence electrons. The first-order valence-electron chi connectivity index (χ1n) is 12.4. The van der Waals surface area contributed by atoms with Crippen molar-refractivity contribution in [1.29, 1.82) is 0 Å². The summed E-state index contributed by atoms with van der Waals surface area (Å²) in [5.74, 6) is 0.803. The molecule has 2 aromatic heterocycles. The molecule has 1 unspecified atom stereocenters. The van der Waals surface area contributed by atoms with Crippen molar-refractivity contribution < 1.29 is 9.53 Å². The van der Waals surface area contributed by atoms with Crippen LogP contribution in [0.1, 0.15) is 52.7 Å². The lowest BCUT2D eigenvalue weighted by Crippen LogP contribution is -2.38. The summed E-state index contributed by atoms with van der Waals surface area (Å²) in [5.41, 5.74) is 4.79. The maximum atomic E-state index is 12.9. The minimum Gasteiger partial charge on any atom is -0.379 e. The summed E-state index contributed by atoms with van der Waals surface area (Å²) in [6, 6.07) is 10.3. The second kappa shape index (κ2) is 10.6. The number of amides is 1.